The molecule has 0 aromatic heterocycles. The zero-order valence-electron chi connectivity index (χ0n) is 9.84. The largest absolute Gasteiger partial charge is 0.330 e. The summed E-state index contributed by atoms with van der Waals surface area (Å²) in [7, 11) is 2.24. The van der Waals surface area contributed by atoms with Crippen LogP contribution in [0.5, 0.6) is 0 Å². The molecule has 1 rings (SSSR count). The van der Waals surface area contributed by atoms with Crippen molar-refractivity contribution in [3.8, 4) is 0 Å². The van der Waals surface area contributed by atoms with Crippen LogP contribution in [-0.2, 0) is 0 Å². The minimum absolute atomic E-state index is 0.719. The molecule has 1 fully saturated rings. The lowest BCUT2D eigenvalue weighted by Crippen LogP contribution is -2.19. The van der Waals surface area contributed by atoms with Crippen LogP contribution in [0.4, 0.5) is 0 Å². The van der Waals surface area contributed by atoms with E-state index in [1.807, 2.05) is 0 Å². The maximum atomic E-state index is 5.63. The van der Waals surface area contributed by atoms with Crippen LogP contribution in [0.2, 0.25) is 0 Å². The summed E-state index contributed by atoms with van der Waals surface area (Å²) in [5.74, 6) is 1.69. The molecule has 0 amide bonds. The van der Waals surface area contributed by atoms with Crippen LogP contribution in [0, 0.1) is 11.8 Å². The number of likely N-dealkylation sites (tertiary alicyclic amines) is 1. The Hall–Kier alpha value is -0.0800. The molecule has 0 aromatic carbocycles. The van der Waals surface area contributed by atoms with Crippen molar-refractivity contribution in [2.75, 3.05) is 26.7 Å². The van der Waals surface area contributed by atoms with E-state index in [1.54, 1.807) is 0 Å². The molecule has 0 aliphatic carbocycles. The molecule has 0 radical (unpaired) electrons. The third kappa shape index (κ3) is 4.43. The summed E-state index contributed by atoms with van der Waals surface area (Å²) in [6.45, 7) is 5.71. The van der Waals surface area contributed by atoms with Crippen molar-refractivity contribution in [1.82, 2.24) is 4.90 Å². The van der Waals surface area contributed by atoms with Crippen molar-refractivity contribution >= 4 is 0 Å². The molecule has 1 heterocycles. The molecule has 84 valence electrons. The van der Waals surface area contributed by atoms with E-state index in [0.29, 0.717) is 0 Å². The minimum Gasteiger partial charge on any atom is -0.330 e. The molecule has 0 bridgehead atoms. The molecule has 2 heteroatoms. The fourth-order valence-electron chi connectivity index (χ4n) is 2.24. The van der Waals surface area contributed by atoms with E-state index in [1.165, 1.54) is 45.2 Å². The average Bonchev–Trinajstić information content (AvgIpc) is 2.39. The molecule has 1 saturated heterocycles. The number of nitrogens with two attached hydrogens (primary N) is 1. The lowest BCUT2D eigenvalue weighted by Gasteiger charge is -2.16. The Morgan fingerprint density at radius 2 is 2.14 bits per heavy atom. The third-order valence-corrected chi connectivity index (χ3v) is 3.54. The highest BCUT2D eigenvalue weighted by molar-refractivity contribution is 4.69. The van der Waals surface area contributed by atoms with Crippen LogP contribution < -0.4 is 5.73 Å². The normalized spacial score (nSPS) is 27.2. The number of nitrogens with zero attached hydrogens (tertiary/aromatic N) is 1. The molecular formula is C12H26N2. The third-order valence-electron chi connectivity index (χ3n) is 3.54. The second kappa shape index (κ2) is 6.41. The predicted octanol–water partition coefficient (Wildman–Crippen LogP) is 2.09. The Balaban J connectivity index is 2.17. The van der Waals surface area contributed by atoms with Crippen LogP contribution in [0.15, 0.2) is 0 Å². The van der Waals surface area contributed by atoms with Gasteiger partial charge in [-0.25, -0.2) is 0 Å². The maximum Gasteiger partial charge on any atom is -0.00191 e. The molecule has 0 aromatic rings. The van der Waals surface area contributed by atoms with Crippen LogP contribution in [-0.4, -0.2) is 31.6 Å². The van der Waals surface area contributed by atoms with Gasteiger partial charge in [-0.3, -0.25) is 0 Å². The number of rotatable bonds is 4. The van der Waals surface area contributed by atoms with E-state index in [9.17, 15) is 0 Å². The van der Waals surface area contributed by atoms with Crippen LogP contribution in [0.3, 0.4) is 0 Å². The smallest absolute Gasteiger partial charge is 0.00191 e. The highest BCUT2D eigenvalue weighted by atomic mass is 15.1. The zero-order valence-corrected chi connectivity index (χ0v) is 9.84. The first-order valence-corrected chi connectivity index (χ1v) is 6.11. The van der Waals surface area contributed by atoms with Gasteiger partial charge in [0.2, 0.25) is 0 Å². The summed E-state index contributed by atoms with van der Waals surface area (Å²) in [4.78, 5) is 2.46. The minimum atomic E-state index is 0.719. The first-order valence-electron chi connectivity index (χ1n) is 6.11. The van der Waals surface area contributed by atoms with Gasteiger partial charge in [-0.15, -0.1) is 0 Å². The molecule has 1 aliphatic heterocycles. The molecule has 1 aliphatic rings. The van der Waals surface area contributed by atoms with Gasteiger partial charge in [0.05, 0.1) is 0 Å². The van der Waals surface area contributed by atoms with E-state index in [0.717, 1.165) is 18.4 Å². The van der Waals surface area contributed by atoms with Crippen LogP contribution in [0.25, 0.3) is 0 Å². The summed E-state index contributed by atoms with van der Waals surface area (Å²) >= 11 is 0. The van der Waals surface area contributed by atoms with Crippen LogP contribution in [0.1, 0.15) is 39.0 Å². The topological polar surface area (TPSA) is 29.3 Å². The van der Waals surface area contributed by atoms with Gasteiger partial charge in [0.15, 0.2) is 0 Å². The van der Waals surface area contributed by atoms with E-state index in [2.05, 4.69) is 18.9 Å². The van der Waals surface area contributed by atoms with Crippen molar-refractivity contribution in [3.63, 3.8) is 0 Å². The first-order chi connectivity index (χ1) is 6.72. The lowest BCUT2D eigenvalue weighted by atomic mass is 9.91. The van der Waals surface area contributed by atoms with Crippen molar-refractivity contribution in [2.45, 2.75) is 39.0 Å². The van der Waals surface area contributed by atoms with E-state index >= 15 is 0 Å². The monoisotopic (exact) mass is 198 g/mol. The van der Waals surface area contributed by atoms with Crippen molar-refractivity contribution in [1.29, 1.82) is 0 Å². The summed E-state index contributed by atoms with van der Waals surface area (Å²) in [5.41, 5.74) is 5.63. The Morgan fingerprint density at radius 1 is 1.36 bits per heavy atom. The summed E-state index contributed by atoms with van der Waals surface area (Å²) in [6.07, 6.45) is 6.94. The lowest BCUT2D eigenvalue weighted by molar-refractivity contribution is 0.332. The molecule has 0 spiro atoms. The van der Waals surface area contributed by atoms with Gasteiger partial charge in [-0.05, 0) is 64.2 Å². The van der Waals surface area contributed by atoms with Gasteiger partial charge >= 0.3 is 0 Å². The Labute approximate surface area is 88.8 Å². The predicted molar refractivity (Wildman–Crippen MR) is 62.3 cm³/mol. The fraction of sp³-hybridized carbons (Fsp3) is 1.00. The average molecular weight is 198 g/mol. The highest BCUT2D eigenvalue weighted by Crippen LogP contribution is 2.23. The van der Waals surface area contributed by atoms with Gasteiger partial charge in [0.25, 0.3) is 0 Å². The highest BCUT2D eigenvalue weighted by Gasteiger charge is 2.15. The molecule has 14 heavy (non-hydrogen) atoms. The Bertz CT molecular complexity index is 147. The molecule has 2 atom stereocenters. The van der Waals surface area contributed by atoms with Crippen molar-refractivity contribution in [3.05, 3.63) is 0 Å². The zero-order chi connectivity index (χ0) is 10.4. The maximum absolute atomic E-state index is 5.63. The van der Waals surface area contributed by atoms with Gasteiger partial charge in [0.1, 0.15) is 0 Å². The first kappa shape index (κ1) is 12.0. The second-order valence-corrected chi connectivity index (χ2v) is 5.02. The molecule has 2 unspecified atom stereocenters. The SMILES string of the molecule is CC(CN)CCC1CCCN(C)CC1. The van der Waals surface area contributed by atoms with Gasteiger partial charge in [0, 0.05) is 0 Å². The number of hydrogen-bond donors (Lipinski definition) is 1. The van der Waals surface area contributed by atoms with E-state index in [4.69, 9.17) is 5.73 Å². The van der Waals surface area contributed by atoms with Crippen LogP contribution >= 0.6 is 0 Å². The molecular weight excluding hydrogens is 172 g/mol. The Kier molecular flexibility index (Phi) is 5.49. The standard InChI is InChI=1S/C12H26N2/c1-11(10-13)5-6-12-4-3-8-14(2)9-7-12/h11-12H,3-10,13H2,1-2H3. The van der Waals surface area contributed by atoms with Crippen molar-refractivity contribution < 1.29 is 0 Å². The molecule has 2 nitrogen and oxygen atoms in total. The summed E-state index contributed by atoms with van der Waals surface area (Å²) < 4.78 is 0. The summed E-state index contributed by atoms with van der Waals surface area (Å²) in [5, 5.41) is 0. The van der Waals surface area contributed by atoms with E-state index < -0.39 is 0 Å². The fourth-order valence-corrected chi connectivity index (χ4v) is 2.24. The van der Waals surface area contributed by atoms with E-state index in [-0.39, 0.29) is 0 Å². The second-order valence-electron chi connectivity index (χ2n) is 5.02. The molecule has 0 saturated carbocycles. The Morgan fingerprint density at radius 3 is 2.86 bits per heavy atom. The summed E-state index contributed by atoms with van der Waals surface area (Å²) in [6, 6.07) is 0. The van der Waals surface area contributed by atoms with Gasteiger partial charge in [-0.1, -0.05) is 13.3 Å². The molecule has 2 N–H and O–H groups in total. The number of hydrogen-bond acceptors (Lipinski definition) is 2. The van der Waals surface area contributed by atoms with Gasteiger partial charge in [-0.2, -0.15) is 0 Å². The van der Waals surface area contributed by atoms with Gasteiger partial charge < -0.3 is 10.6 Å². The van der Waals surface area contributed by atoms with Crippen molar-refractivity contribution in [2.24, 2.45) is 17.6 Å². The quantitative estimate of drug-likeness (QED) is 0.749.